The lowest BCUT2D eigenvalue weighted by Crippen LogP contribution is -2.56. The SMILES string of the molecule is COC(=O)C(C#N)(O[Si](C)(C)C)C(C)(C)C. The van der Waals surface area contributed by atoms with Crippen LogP contribution in [0.2, 0.25) is 19.6 Å². The van der Waals surface area contributed by atoms with Gasteiger partial charge in [-0.2, -0.15) is 5.26 Å². The lowest BCUT2D eigenvalue weighted by Gasteiger charge is -2.40. The fourth-order valence-corrected chi connectivity index (χ4v) is 2.69. The summed E-state index contributed by atoms with van der Waals surface area (Å²) in [7, 11) is -0.754. The Hall–Kier alpha value is -0.863. The van der Waals surface area contributed by atoms with Gasteiger partial charge in [0, 0.05) is 5.41 Å². The molecule has 0 aliphatic carbocycles. The van der Waals surface area contributed by atoms with Gasteiger partial charge in [-0.3, -0.25) is 0 Å². The minimum absolute atomic E-state index is 0.620. The third-order valence-corrected chi connectivity index (χ3v) is 3.06. The first-order valence-electron chi connectivity index (χ1n) is 5.20. The second-order valence-electron chi connectivity index (χ2n) is 5.75. The molecule has 92 valence electrons. The summed E-state index contributed by atoms with van der Waals surface area (Å²) in [6.45, 7) is 11.2. The molecular weight excluding hydrogens is 222 g/mol. The molecule has 1 atom stereocenters. The topological polar surface area (TPSA) is 59.3 Å². The van der Waals surface area contributed by atoms with E-state index in [1.54, 1.807) is 20.8 Å². The smallest absolute Gasteiger partial charge is 0.352 e. The van der Waals surface area contributed by atoms with E-state index in [9.17, 15) is 10.1 Å². The molecule has 0 saturated heterocycles. The molecule has 1 unspecified atom stereocenters. The van der Waals surface area contributed by atoms with Gasteiger partial charge in [-0.15, -0.1) is 0 Å². The molecule has 0 amide bonds. The molecule has 4 nitrogen and oxygen atoms in total. The van der Waals surface area contributed by atoms with Gasteiger partial charge < -0.3 is 9.16 Å². The van der Waals surface area contributed by atoms with Crippen LogP contribution in [0.4, 0.5) is 0 Å². The van der Waals surface area contributed by atoms with Crippen molar-refractivity contribution in [3.05, 3.63) is 0 Å². The van der Waals surface area contributed by atoms with E-state index in [-0.39, 0.29) is 0 Å². The van der Waals surface area contributed by atoms with Crippen LogP contribution in [-0.2, 0) is 14.0 Å². The number of nitrogens with zero attached hydrogens (tertiary/aromatic N) is 1. The third-order valence-electron chi connectivity index (χ3n) is 2.15. The molecule has 16 heavy (non-hydrogen) atoms. The molecule has 0 spiro atoms. The molecule has 0 radical (unpaired) electrons. The number of esters is 1. The van der Waals surface area contributed by atoms with Crippen LogP contribution in [0, 0.1) is 16.7 Å². The summed E-state index contributed by atoms with van der Waals surface area (Å²) in [5.74, 6) is -0.620. The van der Waals surface area contributed by atoms with Gasteiger partial charge in [-0.05, 0) is 19.6 Å². The predicted molar refractivity (Wildman–Crippen MR) is 64.2 cm³/mol. The Kier molecular flexibility index (Phi) is 4.31. The first-order chi connectivity index (χ1) is 7.00. The van der Waals surface area contributed by atoms with E-state index in [0.29, 0.717) is 0 Å². The van der Waals surface area contributed by atoms with Crippen LogP contribution in [0.3, 0.4) is 0 Å². The fourth-order valence-electron chi connectivity index (χ4n) is 1.34. The van der Waals surface area contributed by atoms with Gasteiger partial charge in [0.25, 0.3) is 0 Å². The van der Waals surface area contributed by atoms with Crippen molar-refractivity contribution in [2.45, 2.75) is 46.0 Å². The van der Waals surface area contributed by atoms with E-state index in [2.05, 4.69) is 0 Å². The standard InChI is InChI=1S/C11H21NO3Si/c1-10(2,3)11(8-12,9(13)14-4)15-16(5,6)7/h1-7H3. The Balaban J connectivity index is 5.52. The van der Waals surface area contributed by atoms with E-state index in [1.807, 2.05) is 25.7 Å². The number of carbonyl (C=O) groups is 1. The Morgan fingerprint density at radius 3 is 1.88 bits per heavy atom. The summed E-state index contributed by atoms with van der Waals surface area (Å²) in [6.07, 6.45) is 0. The summed E-state index contributed by atoms with van der Waals surface area (Å²) in [4.78, 5) is 11.8. The highest BCUT2D eigenvalue weighted by atomic mass is 28.4. The molecule has 0 rings (SSSR count). The van der Waals surface area contributed by atoms with E-state index < -0.39 is 25.3 Å². The number of carbonyl (C=O) groups excluding carboxylic acids is 1. The van der Waals surface area contributed by atoms with Crippen LogP contribution >= 0.6 is 0 Å². The van der Waals surface area contributed by atoms with Gasteiger partial charge >= 0.3 is 5.97 Å². The average Bonchev–Trinajstić information content (AvgIpc) is 2.09. The van der Waals surface area contributed by atoms with Crippen LogP contribution in [0.1, 0.15) is 20.8 Å². The molecule has 0 aromatic heterocycles. The maximum Gasteiger partial charge on any atom is 0.352 e. The van der Waals surface area contributed by atoms with E-state index in [0.717, 1.165) is 0 Å². The van der Waals surface area contributed by atoms with Crippen molar-refractivity contribution in [1.82, 2.24) is 0 Å². The monoisotopic (exact) mass is 243 g/mol. The van der Waals surface area contributed by atoms with Crippen LogP contribution in [0.5, 0.6) is 0 Å². The molecule has 0 bridgehead atoms. The van der Waals surface area contributed by atoms with Crippen molar-refractivity contribution in [3.63, 3.8) is 0 Å². The molecule has 0 aromatic carbocycles. The van der Waals surface area contributed by atoms with Gasteiger partial charge in [-0.1, -0.05) is 20.8 Å². The summed E-state index contributed by atoms with van der Waals surface area (Å²) in [5.41, 5.74) is -2.15. The van der Waals surface area contributed by atoms with Gasteiger partial charge in [0.2, 0.25) is 5.60 Å². The number of rotatable bonds is 3. The van der Waals surface area contributed by atoms with Crippen LogP contribution in [0.15, 0.2) is 0 Å². The molecule has 0 fully saturated rings. The van der Waals surface area contributed by atoms with Crippen molar-refractivity contribution < 1.29 is 14.0 Å². The number of ether oxygens (including phenoxy) is 1. The molecule has 0 aromatic rings. The van der Waals surface area contributed by atoms with Gasteiger partial charge in [0.15, 0.2) is 8.32 Å². The van der Waals surface area contributed by atoms with Crippen molar-refractivity contribution in [2.24, 2.45) is 5.41 Å². The van der Waals surface area contributed by atoms with E-state index in [1.165, 1.54) is 7.11 Å². The zero-order valence-corrected chi connectivity index (χ0v) is 12.2. The minimum atomic E-state index is -2.03. The molecule has 0 N–H and O–H groups in total. The highest BCUT2D eigenvalue weighted by molar-refractivity contribution is 6.70. The third kappa shape index (κ3) is 3.06. The molecule has 5 heteroatoms. The molecule has 0 heterocycles. The normalized spacial score (nSPS) is 16.1. The van der Waals surface area contributed by atoms with Crippen LogP contribution in [-0.4, -0.2) is 27.0 Å². The van der Waals surface area contributed by atoms with Crippen molar-refractivity contribution >= 4 is 14.3 Å². The highest BCUT2D eigenvalue weighted by Crippen LogP contribution is 2.36. The summed E-state index contributed by atoms with van der Waals surface area (Å²) < 4.78 is 10.5. The number of methoxy groups -OCH3 is 1. The lowest BCUT2D eigenvalue weighted by molar-refractivity contribution is -0.163. The van der Waals surface area contributed by atoms with Crippen molar-refractivity contribution in [3.8, 4) is 6.07 Å². The molecule has 0 aliphatic rings. The van der Waals surface area contributed by atoms with Crippen molar-refractivity contribution in [2.75, 3.05) is 7.11 Å². The predicted octanol–water partition coefficient (Wildman–Crippen LogP) is 2.32. The Morgan fingerprint density at radius 1 is 1.25 bits per heavy atom. The number of nitriles is 1. The largest absolute Gasteiger partial charge is 0.466 e. The van der Waals surface area contributed by atoms with Crippen LogP contribution < -0.4 is 0 Å². The Bertz CT molecular complexity index is 309. The van der Waals surface area contributed by atoms with Crippen LogP contribution in [0.25, 0.3) is 0 Å². The molecular formula is C11H21NO3Si. The Labute approximate surface area is 98.7 Å². The number of hydrogen-bond donors (Lipinski definition) is 0. The minimum Gasteiger partial charge on any atom is -0.466 e. The zero-order valence-electron chi connectivity index (χ0n) is 11.2. The molecule has 0 aliphatic heterocycles. The second-order valence-corrected chi connectivity index (χ2v) is 10.2. The number of hydrogen-bond acceptors (Lipinski definition) is 4. The molecule has 0 saturated carbocycles. The Morgan fingerprint density at radius 2 is 1.69 bits per heavy atom. The lowest BCUT2D eigenvalue weighted by atomic mass is 9.77. The summed E-state index contributed by atoms with van der Waals surface area (Å²) in [6, 6.07) is 2.00. The maximum atomic E-state index is 11.8. The van der Waals surface area contributed by atoms with Gasteiger partial charge in [0.05, 0.1) is 7.11 Å². The van der Waals surface area contributed by atoms with E-state index in [4.69, 9.17) is 9.16 Å². The zero-order chi connectivity index (χ0) is 13.2. The highest BCUT2D eigenvalue weighted by Gasteiger charge is 2.54. The van der Waals surface area contributed by atoms with Crippen molar-refractivity contribution in [1.29, 1.82) is 5.26 Å². The first-order valence-corrected chi connectivity index (χ1v) is 8.61. The summed E-state index contributed by atoms with van der Waals surface area (Å²) in [5, 5.41) is 9.32. The van der Waals surface area contributed by atoms with Gasteiger partial charge in [0.1, 0.15) is 6.07 Å². The van der Waals surface area contributed by atoms with Gasteiger partial charge in [-0.25, -0.2) is 4.79 Å². The second kappa shape index (κ2) is 4.56. The summed E-state index contributed by atoms with van der Waals surface area (Å²) >= 11 is 0. The first kappa shape index (κ1) is 15.1. The fraction of sp³-hybridized carbons (Fsp3) is 0.818. The average molecular weight is 243 g/mol. The quantitative estimate of drug-likeness (QED) is 0.564. The van der Waals surface area contributed by atoms with E-state index >= 15 is 0 Å². The maximum absolute atomic E-state index is 11.8.